The summed E-state index contributed by atoms with van der Waals surface area (Å²) in [6, 6.07) is 11.3. The van der Waals surface area contributed by atoms with Gasteiger partial charge in [0.15, 0.2) is 0 Å². The normalized spacial score (nSPS) is 20.6. The Morgan fingerprint density at radius 2 is 1.55 bits per heavy atom. The van der Waals surface area contributed by atoms with Crippen molar-refractivity contribution in [3.8, 4) is 17.4 Å². The summed E-state index contributed by atoms with van der Waals surface area (Å²) in [7, 11) is 0. The number of amides is 1. The molecule has 5 rings (SSSR count). The summed E-state index contributed by atoms with van der Waals surface area (Å²) >= 11 is 1.25. The van der Waals surface area contributed by atoms with Crippen LogP contribution < -0.4 is 14.2 Å². The zero-order chi connectivity index (χ0) is 28.5. The third-order valence-corrected chi connectivity index (χ3v) is 7.35. The van der Waals surface area contributed by atoms with E-state index in [9.17, 15) is 31.1 Å². The van der Waals surface area contributed by atoms with Crippen molar-refractivity contribution in [1.82, 2.24) is 14.8 Å². The molecule has 0 spiro atoms. The Hall–Kier alpha value is -3.52. The Labute approximate surface area is 228 Å². The first kappa shape index (κ1) is 28.0. The van der Waals surface area contributed by atoms with Crippen LogP contribution in [-0.2, 0) is 13.1 Å². The standard InChI is InChI=1S/C26H23F6N3O4S/c27-25(28,29)38-18-5-1-3-16(7-18)9-34-11-20-21(12-34)22(20)13-35(24(36)37-23-14-40-15-33-23)10-17-4-2-6-19(8-17)39-26(30,31)32/h1-8,14-15,20-22H,9-13H2. The van der Waals surface area contributed by atoms with Gasteiger partial charge in [-0.3, -0.25) is 4.90 Å². The largest absolute Gasteiger partial charge is 0.573 e. The Balaban J connectivity index is 1.20. The van der Waals surface area contributed by atoms with Gasteiger partial charge in [-0.1, -0.05) is 24.3 Å². The van der Waals surface area contributed by atoms with Crippen molar-refractivity contribution < 1.29 is 45.3 Å². The van der Waals surface area contributed by atoms with Gasteiger partial charge in [0.2, 0.25) is 5.88 Å². The lowest BCUT2D eigenvalue weighted by atomic mass is 10.1. The third kappa shape index (κ3) is 7.56. The van der Waals surface area contributed by atoms with Crippen LogP contribution in [0.4, 0.5) is 31.1 Å². The number of aromatic nitrogens is 1. The number of carbonyl (C=O) groups excluding carboxylic acids is 1. The van der Waals surface area contributed by atoms with Gasteiger partial charge >= 0.3 is 18.8 Å². The predicted molar refractivity (Wildman–Crippen MR) is 131 cm³/mol. The number of hydrogen-bond acceptors (Lipinski definition) is 7. The van der Waals surface area contributed by atoms with Gasteiger partial charge in [0, 0.05) is 32.7 Å². The predicted octanol–water partition coefficient (Wildman–Crippen LogP) is 6.32. The molecular formula is C26H23F6N3O4S. The maximum atomic E-state index is 13.0. The number of likely N-dealkylation sites (tertiary alicyclic amines) is 1. The minimum Gasteiger partial charge on any atom is -0.406 e. The van der Waals surface area contributed by atoms with Crippen molar-refractivity contribution in [1.29, 1.82) is 0 Å². The van der Waals surface area contributed by atoms with Crippen molar-refractivity contribution in [2.24, 2.45) is 17.8 Å². The van der Waals surface area contributed by atoms with Gasteiger partial charge in [-0.25, -0.2) is 9.78 Å². The number of hydrogen-bond donors (Lipinski definition) is 0. The van der Waals surface area contributed by atoms with E-state index in [1.54, 1.807) is 17.5 Å². The first-order chi connectivity index (χ1) is 18.9. The second-order valence-corrected chi connectivity index (χ2v) is 10.4. The van der Waals surface area contributed by atoms with Crippen LogP contribution in [0.1, 0.15) is 11.1 Å². The average Bonchev–Trinajstić information content (AvgIpc) is 3.19. The molecular weight excluding hydrogens is 564 g/mol. The van der Waals surface area contributed by atoms with Crippen molar-refractivity contribution in [3.05, 3.63) is 70.5 Å². The summed E-state index contributed by atoms with van der Waals surface area (Å²) in [6.45, 7) is 2.18. The summed E-state index contributed by atoms with van der Waals surface area (Å²) in [6.07, 6.45) is -10.3. The zero-order valence-electron chi connectivity index (χ0n) is 20.7. The molecule has 1 saturated heterocycles. The van der Waals surface area contributed by atoms with Crippen LogP contribution >= 0.6 is 11.3 Å². The van der Waals surface area contributed by atoms with E-state index in [0.29, 0.717) is 37.3 Å². The van der Waals surface area contributed by atoms with Crippen LogP contribution in [0.15, 0.2) is 59.4 Å². The van der Waals surface area contributed by atoms with Gasteiger partial charge in [0.1, 0.15) is 11.5 Å². The molecule has 1 amide bonds. The highest BCUT2D eigenvalue weighted by Crippen LogP contribution is 2.52. The zero-order valence-corrected chi connectivity index (χ0v) is 21.5. The van der Waals surface area contributed by atoms with E-state index in [1.165, 1.54) is 58.1 Å². The lowest BCUT2D eigenvalue weighted by molar-refractivity contribution is -0.275. The number of rotatable bonds is 9. The highest BCUT2D eigenvalue weighted by Gasteiger charge is 2.56. The number of fused-ring (bicyclic) bond motifs is 1. The molecule has 2 atom stereocenters. The fraction of sp³-hybridized carbons (Fsp3) is 0.385. The molecule has 0 radical (unpaired) electrons. The topological polar surface area (TPSA) is 64.1 Å². The number of carbonyl (C=O) groups is 1. The molecule has 1 aliphatic carbocycles. The Kier molecular flexibility index (Phi) is 7.82. The Morgan fingerprint density at radius 3 is 2.12 bits per heavy atom. The molecule has 3 aromatic rings. The van der Waals surface area contributed by atoms with E-state index in [2.05, 4.69) is 19.4 Å². The Morgan fingerprint density at radius 1 is 0.950 bits per heavy atom. The molecule has 2 heterocycles. The first-order valence-corrected chi connectivity index (χ1v) is 13.1. The maximum Gasteiger partial charge on any atom is 0.573 e. The number of alkyl halides is 6. The van der Waals surface area contributed by atoms with Gasteiger partial charge in [-0.2, -0.15) is 0 Å². The fourth-order valence-electron chi connectivity index (χ4n) is 5.16. The summed E-state index contributed by atoms with van der Waals surface area (Å²) in [4.78, 5) is 20.5. The van der Waals surface area contributed by atoms with Crippen LogP contribution in [0, 0.1) is 17.8 Å². The molecule has 214 valence electrons. The van der Waals surface area contributed by atoms with Gasteiger partial charge in [-0.05, 0) is 53.1 Å². The van der Waals surface area contributed by atoms with Crippen molar-refractivity contribution >= 4 is 17.4 Å². The highest BCUT2D eigenvalue weighted by atomic mass is 32.1. The van der Waals surface area contributed by atoms with Crippen LogP contribution in [0.25, 0.3) is 0 Å². The number of thiazole rings is 1. The van der Waals surface area contributed by atoms with Crippen molar-refractivity contribution in [3.63, 3.8) is 0 Å². The van der Waals surface area contributed by atoms with Gasteiger partial charge in [-0.15, -0.1) is 37.7 Å². The number of halogens is 6. The first-order valence-electron chi connectivity index (χ1n) is 12.2. The van der Waals surface area contributed by atoms with Crippen LogP contribution in [0.5, 0.6) is 17.4 Å². The highest BCUT2D eigenvalue weighted by molar-refractivity contribution is 7.07. The molecule has 2 unspecified atom stereocenters. The van der Waals surface area contributed by atoms with Crippen LogP contribution in [0.2, 0.25) is 0 Å². The summed E-state index contributed by atoms with van der Waals surface area (Å²) in [5, 5.41) is 1.56. The number of piperidine rings is 1. The number of benzene rings is 2. The summed E-state index contributed by atoms with van der Waals surface area (Å²) < 4.78 is 89.0. The third-order valence-electron chi connectivity index (χ3n) is 6.78. The molecule has 14 heteroatoms. The molecule has 1 aliphatic heterocycles. The maximum absolute atomic E-state index is 13.0. The van der Waals surface area contributed by atoms with Crippen molar-refractivity contribution in [2.45, 2.75) is 25.8 Å². The minimum atomic E-state index is -4.84. The van der Waals surface area contributed by atoms with Crippen molar-refractivity contribution in [2.75, 3.05) is 19.6 Å². The molecule has 2 aromatic carbocycles. The van der Waals surface area contributed by atoms with E-state index in [0.717, 1.165) is 0 Å². The Bertz CT molecular complexity index is 1310. The molecule has 2 fully saturated rings. The molecule has 40 heavy (non-hydrogen) atoms. The van der Waals surface area contributed by atoms with E-state index >= 15 is 0 Å². The van der Waals surface area contributed by atoms with Gasteiger partial charge < -0.3 is 19.1 Å². The SMILES string of the molecule is O=C(Oc1cscn1)N(Cc1cccc(OC(F)(F)F)c1)CC1C2CN(Cc3cccc(OC(F)(F)F)c3)CC21. The fourth-order valence-corrected chi connectivity index (χ4v) is 5.61. The average molecular weight is 588 g/mol. The van der Waals surface area contributed by atoms with E-state index in [-0.39, 0.29) is 41.7 Å². The number of ether oxygens (including phenoxy) is 3. The monoisotopic (exact) mass is 587 g/mol. The lowest BCUT2D eigenvalue weighted by Gasteiger charge is -2.25. The molecule has 2 aliphatic rings. The quantitative estimate of drug-likeness (QED) is 0.273. The summed E-state index contributed by atoms with van der Waals surface area (Å²) in [5.74, 6) is 0.155. The van der Waals surface area contributed by atoms with Crippen LogP contribution in [-0.4, -0.2) is 53.2 Å². The lowest BCUT2D eigenvalue weighted by Crippen LogP contribution is -2.36. The molecule has 7 nitrogen and oxygen atoms in total. The number of nitrogens with zero attached hydrogens (tertiary/aromatic N) is 3. The second kappa shape index (κ2) is 11.2. The molecule has 1 aromatic heterocycles. The summed E-state index contributed by atoms with van der Waals surface area (Å²) in [5.41, 5.74) is 2.63. The van der Waals surface area contributed by atoms with Crippen LogP contribution in [0.3, 0.4) is 0 Å². The van der Waals surface area contributed by atoms with E-state index < -0.39 is 18.8 Å². The minimum absolute atomic E-state index is 0.00365. The molecule has 0 bridgehead atoms. The molecule has 0 N–H and O–H groups in total. The smallest absolute Gasteiger partial charge is 0.406 e. The van der Waals surface area contributed by atoms with E-state index in [1.807, 2.05) is 0 Å². The second-order valence-electron chi connectivity index (χ2n) is 9.65. The van der Waals surface area contributed by atoms with E-state index in [4.69, 9.17) is 4.74 Å². The van der Waals surface area contributed by atoms with Gasteiger partial charge in [0.25, 0.3) is 0 Å². The van der Waals surface area contributed by atoms with Gasteiger partial charge in [0.05, 0.1) is 10.9 Å². The molecule has 1 saturated carbocycles.